The van der Waals surface area contributed by atoms with E-state index in [1.807, 2.05) is 67.9 Å². The van der Waals surface area contributed by atoms with Gasteiger partial charge in [-0.2, -0.15) is 4.80 Å². The molecule has 3 N–H and O–H groups in total. The minimum absolute atomic E-state index is 0.114. The third kappa shape index (κ3) is 7.12. The first kappa shape index (κ1) is 28.1. The summed E-state index contributed by atoms with van der Waals surface area (Å²) in [5.74, 6) is 0.0665. The molecule has 0 aliphatic heterocycles. The van der Waals surface area contributed by atoms with E-state index < -0.39 is 17.5 Å². The Morgan fingerprint density at radius 2 is 1.92 bits per heavy atom. The summed E-state index contributed by atoms with van der Waals surface area (Å²) in [5.41, 5.74) is 7.89. The summed E-state index contributed by atoms with van der Waals surface area (Å²) in [7, 11) is 0. The lowest BCUT2D eigenvalue weighted by atomic mass is 9.84. The molecular weight excluding hydrogens is 499 g/mol. The van der Waals surface area contributed by atoms with Crippen LogP contribution in [0.15, 0.2) is 67.1 Å². The first-order valence-electron chi connectivity index (χ1n) is 12.9. The zero-order valence-corrected chi connectivity index (χ0v) is 22.5. The van der Waals surface area contributed by atoms with E-state index in [9.17, 15) is 14.3 Å². The van der Waals surface area contributed by atoms with E-state index in [0.29, 0.717) is 30.0 Å². The van der Waals surface area contributed by atoms with E-state index in [2.05, 4.69) is 15.4 Å². The quantitative estimate of drug-likeness (QED) is 0.303. The minimum atomic E-state index is -0.495. The molecule has 1 amide bonds. The van der Waals surface area contributed by atoms with Crippen LogP contribution in [0, 0.1) is 11.2 Å². The zero-order chi connectivity index (χ0) is 28.0. The Bertz CT molecular complexity index is 1350. The number of imidazole rings is 1. The smallest absolute Gasteiger partial charge is 0.246 e. The van der Waals surface area contributed by atoms with Crippen LogP contribution < -0.4 is 5.73 Å². The van der Waals surface area contributed by atoms with E-state index in [4.69, 9.17) is 10.7 Å². The third-order valence-electron chi connectivity index (χ3n) is 6.46. The van der Waals surface area contributed by atoms with Gasteiger partial charge in [0.05, 0.1) is 18.3 Å². The lowest BCUT2D eigenvalue weighted by Gasteiger charge is -2.40. The van der Waals surface area contributed by atoms with Gasteiger partial charge in [0.1, 0.15) is 18.2 Å². The van der Waals surface area contributed by atoms with Gasteiger partial charge >= 0.3 is 0 Å². The number of tetrazole rings is 1. The van der Waals surface area contributed by atoms with Gasteiger partial charge in [0.25, 0.3) is 0 Å². The van der Waals surface area contributed by atoms with Crippen molar-refractivity contribution < 1.29 is 14.3 Å². The van der Waals surface area contributed by atoms with Gasteiger partial charge in [0, 0.05) is 30.9 Å². The molecule has 39 heavy (non-hydrogen) atoms. The molecule has 11 heteroatoms. The number of nitrogens with zero attached hydrogens (tertiary/aromatic N) is 7. The molecule has 2 aromatic carbocycles. The first-order chi connectivity index (χ1) is 18.7. The highest BCUT2D eigenvalue weighted by Crippen LogP contribution is 2.39. The molecule has 2 atom stereocenters. The van der Waals surface area contributed by atoms with Crippen LogP contribution in [-0.4, -0.2) is 64.9 Å². The average molecular weight is 535 g/mol. The SMILES string of the molecule is CC(C)(C)C(c1nc(-c2cccc(F)c2)cn1Cc1ccccc1)N(CCC(N)CO)C(=O)Cn1ncnn1. The summed E-state index contributed by atoms with van der Waals surface area (Å²) in [6, 6.07) is 15.3. The first-order valence-corrected chi connectivity index (χ1v) is 12.9. The van der Waals surface area contributed by atoms with Gasteiger partial charge in [-0.1, -0.05) is 63.2 Å². The van der Waals surface area contributed by atoms with Gasteiger partial charge in [-0.3, -0.25) is 4.79 Å². The number of hydrogen-bond acceptors (Lipinski definition) is 7. The molecule has 0 aliphatic rings. The minimum Gasteiger partial charge on any atom is -0.395 e. The van der Waals surface area contributed by atoms with E-state index in [1.165, 1.54) is 23.3 Å². The molecule has 0 aliphatic carbocycles. The number of amides is 1. The number of rotatable bonds is 11. The van der Waals surface area contributed by atoms with Crippen molar-refractivity contribution in [2.75, 3.05) is 13.2 Å². The van der Waals surface area contributed by atoms with E-state index >= 15 is 0 Å². The normalized spacial score (nSPS) is 13.3. The molecule has 206 valence electrons. The molecular formula is C28H35FN8O2. The largest absolute Gasteiger partial charge is 0.395 e. The molecule has 2 aromatic heterocycles. The molecule has 0 spiro atoms. The number of carbonyl (C=O) groups is 1. The second-order valence-corrected chi connectivity index (χ2v) is 10.7. The van der Waals surface area contributed by atoms with E-state index in [1.54, 1.807) is 11.0 Å². The second-order valence-electron chi connectivity index (χ2n) is 10.7. The van der Waals surface area contributed by atoms with Crippen LogP contribution in [0.3, 0.4) is 0 Å². The third-order valence-corrected chi connectivity index (χ3v) is 6.46. The van der Waals surface area contributed by atoms with Crippen LogP contribution >= 0.6 is 0 Å². The number of carbonyl (C=O) groups excluding carboxylic acids is 1. The maximum Gasteiger partial charge on any atom is 0.246 e. The van der Waals surface area contributed by atoms with Crippen molar-refractivity contribution in [1.82, 2.24) is 34.7 Å². The fourth-order valence-corrected chi connectivity index (χ4v) is 4.60. The molecule has 10 nitrogen and oxygen atoms in total. The highest BCUT2D eigenvalue weighted by atomic mass is 19.1. The summed E-state index contributed by atoms with van der Waals surface area (Å²) in [4.78, 5) is 21.7. The standard InChI is InChI=1S/C28H35FN8O2/c1-28(2,3)26(36(13-12-23(30)18-38)25(39)17-37-32-19-31-34-37)27-33-24(21-10-7-11-22(29)14-21)16-35(27)15-20-8-5-4-6-9-20/h4-11,14,16,19,23,26,38H,12-13,15,17-18,30H2,1-3H3. The Morgan fingerprint density at radius 3 is 2.56 bits per heavy atom. The number of halogens is 1. The molecule has 0 saturated carbocycles. The van der Waals surface area contributed by atoms with Gasteiger partial charge in [-0.05, 0) is 34.7 Å². The second kappa shape index (κ2) is 12.3. The van der Waals surface area contributed by atoms with Crippen molar-refractivity contribution in [2.24, 2.45) is 11.1 Å². The highest BCUT2D eigenvalue weighted by Gasteiger charge is 2.38. The van der Waals surface area contributed by atoms with E-state index in [0.717, 1.165) is 5.56 Å². The Hall–Kier alpha value is -3.96. The maximum absolute atomic E-state index is 14.1. The number of aliphatic hydroxyl groups excluding tert-OH is 1. The fourth-order valence-electron chi connectivity index (χ4n) is 4.60. The van der Waals surface area contributed by atoms with Crippen molar-refractivity contribution in [2.45, 2.75) is 52.4 Å². The molecule has 4 aromatic rings. The van der Waals surface area contributed by atoms with Crippen LogP contribution in [0.4, 0.5) is 4.39 Å². The molecule has 2 heterocycles. The summed E-state index contributed by atoms with van der Waals surface area (Å²) < 4.78 is 16.2. The summed E-state index contributed by atoms with van der Waals surface area (Å²) in [6.07, 6.45) is 3.56. The lowest BCUT2D eigenvalue weighted by molar-refractivity contribution is -0.138. The predicted octanol–water partition coefficient (Wildman–Crippen LogP) is 3.05. The Morgan fingerprint density at radius 1 is 1.15 bits per heavy atom. The number of nitrogens with two attached hydrogens (primary N) is 1. The average Bonchev–Trinajstić information content (AvgIpc) is 3.56. The number of hydrogen-bond donors (Lipinski definition) is 2. The highest BCUT2D eigenvalue weighted by molar-refractivity contribution is 5.76. The predicted molar refractivity (Wildman–Crippen MR) is 145 cm³/mol. The van der Waals surface area contributed by atoms with Crippen molar-refractivity contribution in [1.29, 1.82) is 0 Å². The number of aromatic nitrogens is 6. The van der Waals surface area contributed by atoms with Crippen molar-refractivity contribution >= 4 is 5.91 Å². The summed E-state index contributed by atoms with van der Waals surface area (Å²) >= 11 is 0. The van der Waals surface area contributed by atoms with Crippen LogP contribution in [0.25, 0.3) is 11.3 Å². The monoisotopic (exact) mass is 534 g/mol. The van der Waals surface area contributed by atoms with Gasteiger partial charge in [-0.25, -0.2) is 9.37 Å². The molecule has 0 radical (unpaired) electrons. The fraction of sp³-hybridized carbons (Fsp3) is 0.393. The Labute approximate surface area is 227 Å². The van der Waals surface area contributed by atoms with Crippen molar-refractivity contribution in [3.8, 4) is 11.3 Å². The Balaban J connectivity index is 1.82. The Kier molecular flexibility index (Phi) is 8.82. The van der Waals surface area contributed by atoms with E-state index in [-0.39, 0.29) is 31.4 Å². The van der Waals surface area contributed by atoms with Crippen LogP contribution in [0.1, 0.15) is 44.6 Å². The van der Waals surface area contributed by atoms with Crippen LogP contribution in [0.5, 0.6) is 0 Å². The molecule has 0 bridgehead atoms. The summed E-state index contributed by atoms with van der Waals surface area (Å²) in [5, 5.41) is 21.1. The lowest BCUT2D eigenvalue weighted by Crippen LogP contribution is -2.46. The van der Waals surface area contributed by atoms with Crippen molar-refractivity contribution in [3.63, 3.8) is 0 Å². The van der Waals surface area contributed by atoms with Gasteiger partial charge < -0.3 is 20.3 Å². The summed E-state index contributed by atoms with van der Waals surface area (Å²) in [6.45, 7) is 6.61. The van der Waals surface area contributed by atoms with Crippen LogP contribution in [0.2, 0.25) is 0 Å². The molecule has 0 saturated heterocycles. The zero-order valence-electron chi connectivity index (χ0n) is 22.5. The van der Waals surface area contributed by atoms with Gasteiger partial charge in [-0.15, -0.1) is 10.2 Å². The van der Waals surface area contributed by atoms with Gasteiger partial charge in [0.15, 0.2) is 6.33 Å². The number of benzene rings is 2. The van der Waals surface area contributed by atoms with Crippen LogP contribution in [-0.2, 0) is 17.9 Å². The van der Waals surface area contributed by atoms with Gasteiger partial charge in [0.2, 0.25) is 5.91 Å². The molecule has 4 rings (SSSR count). The van der Waals surface area contributed by atoms with Crippen molar-refractivity contribution in [3.05, 3.63) is 84.3 Å². The number of aliphatic hydroxyl groups is 1. The molecule has 0 fully saturated rings. The topological polar surface area (TPSA) is 128 Å². The maximum atomic E-state index is 14.1. The molecule has 2 unspecified atom stereocenters.